The lowest BCUT2D eigenvalue weighted by Crippen LogP contribution is -2.13. The van der Waals surface area contributed by atoms with Gasteiger partial charge >= 0.3 is 0 Å². The number of hydrogen-bond acceptors (Lipinski definition) is 0. The van der Waals surface area contributed by atoms with Gasteiger partial charge in [0.2, 0.25) is 0 Å². The molecule has 0 amide bonds. The average Bonchev–Trinajstić information content (AvgIpc) is 3.19. The van der Waals surface area contributed by atoms with E-state index in [1.807, 2.05) is 0 Å². The molecule has 2 aliphatic rings. The van der Waals surface area contributed by atoms with Crippen LogP contribution >= 0.6 is 0 Å². The molecule has 96 valence electrons. The summed E-state index contributed by atoms with van der Waals surface area (Å²) in [6.45, 7) is 0. The van der Waals surface area contributed by atoms with Crippen LogP contribution in [0.1, 0.15) is 36.8 Å². The Morgan fingerprint density at radius 1 is 0.632 bits per heavy atom. The molecule has 0 nitrogen and oxygen atoms in total. The molecule has 0 radical (unpaired) electrons. The minimum atomic E-state index is 0.332. The molecule has 0 aliphatic heterocycles. The van der Waals surface area contributed by atoms with Gasteiger partial charge in [0.15, 0.2) is 0 Å². The molecule has 19 heavy (non-hydrogen) atoms. The minimum Gasteiger partial charge on any atom is -0.0622 e. The predicted octanol–water partition coefficient (Wildman–Crippen LogP) is 4.79. The molecule has 2 fully saturated rings. The second-order valence-electron chi connectivity index (χ2n) is 6.10. The van der Waals surface area contributed by atoms with E-state index in [9.17, 15) is 0 Å². The van der Waals surface area contributed by atoms with Gasteiger partial charge in [-0.2, -0.15) is 0 Å². The lowest BCUT2D eigenvalue weighted by molar-refractivity contribution is 0.480. The standard InChI is InChI=1S/C19H20/c1-3-9-15(10-4-1)19(16-11-5-2-6-12-16)17-13-7-8-14-18(17)19/h1-6,9-12,17-18H,7-8,13-14H2. The first-order valence-electron chi connectivity index (χ1n) is 7.55. The van der Waals surface area contributed by atoms with E-state index in [0.29, 0.717) is 5.41 Å². The van der Waals surface area contributed by atoms with Crippen molar-refractivity contribution in [3.63, 3.8) is 0 Å². The second-order valence-corrected chi connectivity index (χ2v) is 6.10. The SMILES string of the molecule is c1ccc(C2(c3ccccc3)C3CCCCC32)cc1. The molecule has 0 bridgehead atoms. The van der Waals surface area contributed by atoms with E-state index in [1.54, 1.807) is 0 Å². The molecule has 2 saturated carbocycles. The van der Waals surface area contributed by atoms with E-state index in [-0.39, 0.29) is 0 Å². The van der Waals surface area contributed by atoms with Crippen LogP contribution in [-0.2, 0) is 5.41 Å². The Balaban J connectivity index is 1.86. The Bertz CT molecular complexity index is 502. The fraction of sp³-hybridized carbons (Fsp3) is 0.368. The van der Waals surface area contributed by atoms with Crippen molar-refractivity contribution in [3.05, 3.63) is 71.8 Å². The van der Waals surface area contributed by atoms with Crippen LogP contribution in [0.2, 0.25) is 0 Å². The third-order valence-electron chi connectivity index (χ3n) is 5.33. The highest BCUT2D eigenvalue weighted by molar-refractivity contribution is 5.49. The molecular formula is C19H20. The summed E-state index contributed by atoms with van der Waals surface area (Å²) in [5.41, 5.74) is 3.41. The normalized spacial score (nSPS) is 27.6. The number of rotatable bonds is 2. The van der Waals surface area contributed by atoms with Crippen LogP contribution < -0.4 is 0 Å². The van der Waals surface area contributed by atoms with Crippen molar-refractivity contribution in [3.8, 4) is 0 Å². The van der Waals surface area contributed by atoms with Crippen LogP contribution in [0.3, 0.4) is 0 Å². The maximum absolute atomic E-state index is 2.34. The minimum absolute atomic E-state index is 0.332. The Morgan fingerprint density at radius 2 is 1.05 bits per heavy atom. The van der Waals surface area contributed by atoms with Crippen LogP contribution in [0, 0.1) is 11.8 Å². The first-order valence-corrected chi connectivity index (χ1v) is 7.55. The summed E-state index contributed by atoms with van der Waals surface area (Å²) in [5, 5.41) is 0. The van der Waals surface area contributed by atoms with Gasteiger partial charge in [-0.1, -0.05) is 73.5 Å². The summed E-state index contributed by atoms with van der Waals surface area (Å²) in [6, 6.07) is 22.4. The number of hydrogen-bond donors (Lipinski definition) is 0. The van der Waals surface area contributed by atoms with Crippen LogP contribution in [0.4, 0.5) is 0 Å². The Kier molecular flexibility index (Phi) is 2.51. The third kappa shape index (κ3) is 1.52. The summed E-state index contributed by atoms with van der Waals surface area (Å²) in [4.78, 5) is 0. The van der Waals surface area contributed by atoms with E-state index < -0.39 is 0 Å². The monoisotopic (exact) mass is 248 g/mol. The molecule has 0 saturated heterocycles. The van der Waals surface area contributed by atoms with Crippen molar-refractivity contribution in [2.75, 3.05) is 0 Å². The molecule has 4 rings (SSSR count). The highest BCUT2D eigenvalue weighted by Crippen LogP contribution is 2.69. The fourth-order valence-electron chi connectivity index (χ4n) is 4.58. The molecule has 0 spiro atoms. The van der Waals surface area contributed by atoms with Crippen molar-refractivity contribution in [1.29, 1.82) is 0 Å². The fourth-order valence-corrected chi connectivity index (χ4v) is 4.58. The van der Waals surface area contributed by atoms with E-state index in [2.05, 4.69) is 60.7 Å². The smallest absolute Gasteiger partial charge is 0.0265 e. The molecular weight excluding hydrogens is 228 g/mol. The highest BCUT2D eigenvalue weighted by atomic mass is 14.7. The summed E-state index contributed by atoms with van der Waals surface area (Å²) in [5.74, 6) is 1.76. The summed E-state index contributed by atoms with van der Waals surface area (Å²) in [6.07, 6.45) is 5.66. The zero-order valence-corrected chi connectivity index (χ0v) is 11.3. The number of fused-ring (bicyclic) bond motifs is 1. The van der Waals surface area contributed by atoms with Crippen molar-refractivity contribution in [2.24, 2.45) is 11.8 Å². The van der Waals surface area contributed by atoms with E-state index in [0.717, 1.165) is 11.8 Å². The summed E-state index contributed by atoms with van der Waals surface area (Å²) >= 11 is 0. The number of benzene rings is 2. The van der Waals surface area contributed by atoms with Crippen molar-refractivity contribution >= 4 is 0 Å². The quantitative estimate of drug-likeness (QED) is 0.716. The van der Waals surface area contributed by atoms with Gasteiger partial charge in [-0.3, -0.25) is 0 Å². The zero-order valence-electron chi connectivity index (χ0n) is 11.3. The van der Waals surface area contributed by atoms with E-state index in [4.69, 9.17) is 0 Å². The highest BCUT2D eigenvalue weighted by Gasteiger charge is 2.65. The van der Waals surface area contributed by atoms with Crippen molar-refractivity contribution < 1.29 is 0 Å². The third-order valence-corrected chi connectivity index (χ3v) is 5.33. The molecule has 2 aromatic carbocycles. The maximum Gasteiger partial charge on any atom is 0.0265 e. The first kappa shape index (κ1) is 11.3. The molecule has 2 aromatic rings. The lowest BCUT2D eigenvalue weighted by atomic mass is 9.84. The van der Waals surface area contributed by atoms with Gasteiger partial charge < -0.3 is 0 Å². The lowest BCUT2D eigenvalue weighted by Gasteiger charge is -2.19. The van der Waals surface area contributed by atoms with Crippen LogP contribution in [0.25, 0.3) is 0 Å². The van der Waals surface area contributed by atoms with Crippen molar-refractivity contribution in [1.82, 2.24) is 0 Å². The molecule has 0 heterocycles. The molecule has 0 heteroatoms. The van der Waals surface area contributed by atoms with E-state index >= 15 is 0 Å². The molecule has 0 N–H and O–H groups in total. The molecule has 2 aliphatic carbocycles. The molecule has 2 atom stereocenters. The Labute approximate surface area is 115 Å². The van der Waals surface area contributed by atoms with Crippen LogP contribution in [0.5, 0.6) is 0 Å². The second kappa shape index (κ2) is 4.23. The van der Waals surface area contributed by atoms with Crippen LogP contribution in [-0.4, -0.2) is 0 Å². The van der Waals surface area contributed by atoms with E-state index in [1.165, 1.54) is 36.8 Å². The Hall–Kier alpha value is -1.56. The Morgan fingerprint density at radius 3 is 1.47 bits per heavy atom. The van der Waals surface area contributed by atoms with Gasteiger partial charge in [-0.15, -0.1) is 0 Å². The molecule has 0 aromatic heterocycles. The topological polar surface area (TPSA) is 0 Å². The van der Waals surface area contributed by atoms with Gasteiger partial charge in [0.25, 0.3) is 0 Å². The largest absolute Gasteiger partial charge is 0.0622 e. The van der Waals surface area contributed by atoms with Gasteiger partial charge in [-0.05, 0) is 35.8 Å². The summed E-state index contributed by atoms with van der Waals surface area (Å²) < 4.78 is 0. The van der Waals surface area contributed by atoms with Crippen LogP contribution in [0.15, 0.2) is 60.7 Å². The predicted molar refractivity (Wildman–Crippen MR) is 79.1 cm³/mol. The van der Waals surface area contributed by atoms with Gasteiger partial charge in [0, 0.05) is 5.41 Å². The molecule has 2 unspecified atom stereocenters. The zero-order chi connectivity index (χ0) is 12.7. The van der Waals surface area contributed by atoms with Gasteiger partial charge in [0.05, 0.1) is 0 Å². The van der Waals surface area contributed by atoms with Gasteiger partial charge in [0.1, 0.15) is 0 Å². The van der Waals surface area contributed by atoms with Gasteiger partial charge in [-0.25, -0.2) is 0 Å². The van der Waals surface area contributed by atoms with Crippen molar-refractivity contribution in [2.45, 2.75) is 31.1 Å². The summed E-state index contributed by atoms with van der Waals surface area (Å²) in [7, 11) is 0. The maximum atomic E-state index is 2.34. The average molecular weight is 248 g/mol. The first-order chi connectivity index (χ1) is 9.44.